The summed E-state index contributed by atoms with van der Waals surface area (Å²) in [5, 5.41) is 0. The van der Waals surface area contributed by atoms with Gasteiger partial charge in [-0.1, -0.05) is 6.42 Å². The maximum atomic E-state index is 12.2. The number of esters is 1. The van der Waals surface area contributed by atoms with Gasteiger partial charge in [-0.2, -0.15) is 0 Å². The highest BCUT2D eigenvalue weighted by Crippen LogP contribution is 2.12. The number of nitrogens with one attached hydrogen (secondary N) is 1. The van der Waals surface area contributed by atoms with Crippen molar-refractivity contribution in [1.29, 1.82) is 0 Å². The van der Waals surface area contributed by atoms with Crippen molar-refractivity contribution in [2.24, 2.45) is 0 Å². The van der Waals surface area contributed by atoms with Gasteiger partial charge in [0, 0.05) is 13.1 Å². The number of hydrogen-bond acceptors (Lipinski definition) is 5. The molecule has 0 atom stereocenters. The van der Waals surface area contributed by atoms with Gasteiger partial charge in [0.15, 0.2) is 0 Å². The lowest BCUT2D eigenvalue weighted by Gasteiger charge is -2.26. The minimum absolute atomic E-state index is 0.157. The molecular weight excluding hydrogens is 316 g/mol. The lowest BCUT2D eigenvalue weighted by atomic mass is 10.1. The number of likely N-dealkylation sites (tertiary alicyclic amines) is 1. The molecule has 0 radical (unpaired) electrons. The number of benzene rings is 1. The average molecular weight is 340 g/mol. The minimum Gasteiger partial charge on any atom is -0.462 e. The number of ether oxygens (including phenoxy) is 1. The van der Waals surface area contributed by atoms with Crippen molar-refractivity contribution in [3.63, 3.8) is 0 Å². The Morgan fingerprint density at radius 1 is 1.17 bits per heavy atom. The number of sulfonamides is 1. The fourth-order valence-electron chi connectivity index (χ4n) is 2.59. The van der Waals surface area contributed by atoms with E-state index in [1.54, 1.807) is 6.92 Å². The Kier molecular flexibility index (Phi) is 6.56. The van der Waals surface area contributed by atoms with E-state index in [9.17, 15) is 13.2 Å². The summed E-state index contributed by atoms with van der Waals surface area (Å²) < 4.78 is 32.0. The summed E-state index contributed by atoms with van der Waals surface area (Å²) in [4.78, 5) is 14.0. The molecule has 0 spiro atoms. The quantitative estimate of drug-likeness (QED) is 0.764. The summed E-state index contributed by atoms with van der Waals surface area (Å²) in [7, 11) is -3.54. The van der Waals surface area contributed by atoms with Gasteiger partial charge in [-0.15, -0.1) is 0 Å². The third kappa shape index (κ3) is 5.30. The van der Waals surface area contributed by atoms with E-state index in [0.717, 1.165) is 19.6 Å². The van der Waals surface area contributed by atoms with Gasteiger partial charge in [0.2, 0.25) is 10.0 Å². The summed E-state index contributed by atoms with van der Waals surface area (Å²) in [6, 6.07) is 5.79. The van der Waals surface area contributed by atoms with Gasteiger partial charge in [0.25, 0.3) is 0 Å². The van der Waals surface area contributed by atoms with Gasteiger partial charge in [-0.25, -0.2) is 17.9 Å². The van der Waals surface area contributed by atoms with Crippen LogP contribution in [-0.4, -0.2) is 52.1 Å². The molecular formula is C16H24N2O4S. The van der Waals surface area contributed by atoms with Crippen molar-refractivity contribution in [2.75, 3.05) is 32.8 Å². The van der Waals surface area contributed by atoms with Gasteiger partial charge < -0.3 is 9.64 Å². The lowest BCUT2D eigenvalue weighted by Crippen LogP contribution is -2.37. The first-order valence-corrected chi connectivity index (χ1v) is 9.50. The molecule has 1 saturated heterocycles. The van der Waals surface area contributed by atoms with E-state index >= 15 is 0 Å². The molecule has 0 amide bonds. The Balaban J connectivity index is 1.89. The molecule has 1 aliphatic rings. The van der Waals surface area contributed by atoms with Crippen molar-refractivity contribution in [3.05, 3.63) is 29.8 Å². The highest BCUT2D eigenvalue weighted by Gasteiger charge is 2.16. The summed E-state index contributed by atoms with van der Waals surface area (Å²) in [5.74, 6) is -0.450. The first kappa shape index (κ1) is 17.9. The molecule has 1 heterocycles. The fourth-order valence-corrected chi connectivity index (χ4v) is 3.61. The zero-order valence-corrected chi connectivity index (χ0v) is 14.3. The van der Waals surface area contributed by atoms with E-state index in [2.05, 4.69) is 9.62 Å². The second-order valence-electron chi connectivity index (χ2n) is 5.54. The van der Waals surface area contributed by atoms with Crippen LogP contribution in [0.4, 0.5) is 0 Å². The van der Waals surface area contributed by atoms with Gasteiger partial charge in [-0.05, 0) is 57.1 Å². The lowest BCUT2D eigenvalue weighted by molar-refractivity contribution is 0.0526. The second-order valence-corrected chi connectivity index (χ2v) is 7.31. The van der Waals surface area contributed by atoms with Gasteiger partial charge in [0.05, 0.1) is 17.1 Å². The number of piperidine rings is 1. The van der Waals surface area contributed by atoms with E-state index in [1.165, 1.54) is 43.5 Å². The monoisotopic (exact) mass is 340 g/mol. The van der Waals surface area contributed by atoms with Gasteiger partial charge in [-0.3, -0.25) is 0 Å². The molecule has 0 aromatic heterocycles. The van der Waals surface area contributed by atoms with E-state index in [4.69, 9.17) is 4.74 Å². The normalized spacial score (nSPS) is 16.2. The highest BCUT2D eigenvalue weighted by atomic mass is 32.2. The topological polar surface area (TPSA) is 75.7 Å². The predicted octanol–water partition coefficient (Wildman–Crippen LogP) is 1.63. The Hall–Kier alpha value is -1.44. The first-order chi connectivity index (χ1) is 11.0. The number of carbonyl (C=O) groups excluding carboxylic acids is 1. The SMILES string of the molecule is CCOC(=O)c1ccc(S(=O)(=O)NCCN2CCCCC2)cc1. The Morgan fingerprint density at radius 3 is 2.43 bits per heavy atom. The van der Waals surface area contributed by atoms with E-state index in [0.29, 0.717) is 12.1 Å². The van der Waals surface area contributed by atoms with E-state index < -0.39 is 16.0 Å². The molecule has 1 aromatic rings. The van der Waals surface area contributed by atoms with Gasteiger partial charge in [0.1, 0.15) is 0 Å². The molecule has 0 saturated carbocycles. The number of nitrogens with zero attached hydrogens (tertiary/aromatic N) is 1. The van der Waals surface area contributed by atoms with Crippen LogP contribution in [-0.2, 0) is 14.8 Å². The summed E-state index contributed by atoms with van der Waals surface area (Å²) in [6.07, 6.45) is 3.62. The van der Waals surface area contributed by atoms with Crippen molar-refractivity contribution in [3.8, 4) is 0 Å². The molecule has 1 N–H and O–H groups in total. The summed E-state index contributed by atoms with van der Waals surface area (Å²) in [6.45, 7) is 5.20. The van der Waals surface area contributed by atoms with E-state index in [1.807, 2.05) is 0 Å². The standard InChI is InChI=1S/C16H24N2O4S/c1-2-22-16(19)14-6-8-15(9-7-14)23(20,21)17-10-13-18-11-4-3-5-12-18/h6-9,17H,2-5,10-13H2,1H3. The van der Waals surface area contributed by atoms with Gasteiger partial charge >= 0.3 is 5.97 Å². The zero-order valence-electron chi connectivity index (χ0n) is 13.5. The molecule has 23 heavy (non-hydrogen) atoms. The third-order valence-electron chi connectivity index (χ3n) is 3.84. The molecule has 128 valence electrons. The van der Waals surface area contributed by atoms with Crippen LogP contribution < -0.4 is 4.72 Å². The maximum Gasteiger partial charge on any atom is 0.338 e. The molecule has 2 rings (SSSR count). The van der Waals surface area contributed by atoms with Crippen LogP contribution in [0.15, 0.2) is 29.2 Å². The summed E-state index contributed by atoms with van der Waals surface area (Å²) >= 11 is 0. The average Bonchev–Trinajstić information content (AvgIpc) is 2.56. The molecule has 1 aliphatic heterocycles. The number of carbonyl (C=O) groups is 1. The van der Waals surface area contributed by atoms with Crippen molar-refractivity contribution < 1.29 is 17.9 Å². The molecule has 6 nitrogen and oxygen atoms in total. The zero-order chi connectivity index (χ0) is 16.7. The summed E-state index contributed by atoms with van der Waals surface area (Å²) in [5.41, 5.74) is 0.346. The van der Waals surface area contributed by atoms with E-state index in [-0.39, 0.29) is 11.5 Å². The molecule has 1 aromatic carbocycles. The van der Waals surface area contributed by atoms with Crippen LogP contribution in [0.25, 0.3) is 0 Å². The van der Waals surface area contributed by atoms with Crippen molar-refractivity contribution in [1.82, 2.24) is 9.62 Å². The second kappa shape index (κ2) is 8.42. The highest BCUT2D eigenvalue weighted by molar-refractivity contribution is 7.89. The molecule has 0 bridgehead atoms. The van der Waals surface area contributed by atoms with Crippen LogP contribution in [0.5, 0.6) is 0 Å². The Labute approximate surface area is 137 Å². The van der Waals surface area contributed by atoms with Crippen molar-refractivity contribution >= 4 is 16.0 Å². The predicted molar refractivity (Wildman–Crippen MR) is 87.9 cm³/mol. The van der Waals surface area contributed by atoms with Crippen LogP contribution in [0.1, 0.15) is 36.5 Å². The molecule has 1 fully saturated rings. The maximum absolute atomic E-state index is 12.2. The fraction of sp³-hybridized carbons (Fsp3) is 0.562. The Morgan fingerprint density at radius 2 is 1.83 bits per heavy atom. The molecule has 7 heteroatoms. The minimum atomic E-state index is -3.54. The van der Waals surface area contributed by atoms with Crippen LogP contribution in [0.2, 0.25) is 0 Å². The number of hydrogen-bond donors (Lipinski definition) is 1. The van der Waals surface area contributed by atoms with Crippen molar-refractivity contribution in [2.45, 2.75) is 31.1 Å². The molecule has 0 aliphatic carbocycles. The van der Waals surface area contributed by atoms with Crippen LogP contribution in [0.3, 0.4) is 0 Å². The van der Waals surface area contributed by atoms with Crippen LogP contribution in [0, 0.1) is 0 Å². The number of rotatable bonds is 7. The largest absolute Gasteiger partial charge is 0.462 e. The third-order valence-corrected chi connectivity index (χ3v) is 5.32. The van der Waals surface area contributed by atoms with Crippen LogP contribution >= 0.6 is 0 Å². The smallest absolute Gasteiger partial charge is 0.338 e. The molecule has 0 unspecified atom stereocenters. The Bertz CT molecular complexity index is 607. The first-order valence-electron chi connectivity index (χ1n) is 8.02.